The minimum atomic E-state index is 0.821. The van der Waals surface area contributed by atoms with Crippen LogP contribution in [0.3, 0.4) is 0 Å². The molecule has 86 valence electrons. The van der Waals surface area contributed by atoms with Crippen LogP contribution < -0.4 is 0 Å². The molecular formula is C15H26. The quantitative estimate of drug-likeness (QED) is 0.527. The fourth-order valence-corrected chi connectivity index (χ4v) is 5.39. The summed E-state index contributed by atoms with van der Waals surface area (Å²) < 4.78 is 0. The zero-order valence-electron chi connectivity index (χ0n) is 10.4. The molecule has 0 nitrogen and oxygen atoms in total. The second-order valence-electron chi connectivity index (χ2n) is 6.82. The average molecular weight is 206 g/mol. The molecule has 15 heavy (non-hydrogen) atoms. The third-order valence-electron chi connectivity index (χ3n) is 6.10. The number of rotatable bonds is 0. The van der Waals surface area contributed by atoms with Gasteiger partial charge in [0.2, 0.25) is 0 Å². The highest BCUT2D eigenvalue weighted by Gasteiger charge is 2.55. The highest BCUT2D eigenvalue weighted by atomic mass is 14.6. The van der Waals surface area contributed by atoms with E-state index in [0.29, 0.717) is 0 Å². The summed E-state index contributed by atoms with van der Waals surface area (Å²) in [6.45, 7) is 2.50. The molecule has 0 aromatic rings. The summed E-state index contributed by atoms with van der Waals surface area (Å²) in [5, 5.41) is 0. The molecule has 0 saturated heterocycles. The lowest BCUT2D eigenvalue weighted by Crippen LogP contribution is -2.50. The van der Waals surface area contributed by atoms with Crippen LogP contribution in [0.4, 0.5) is 0 Å². The first-order valence-corrected chi connectivity index (χ1v) is 7.27. The summed E-state index contributed by atoms with van der Waals surface area (Å²) in [5.74, 6) is 1.02. The van der Waals surface area contributed by atoms with Crippen LogP contribution in [-0.2, 0) is 0 Å². The largest absolute Gasteiger partial charge is 0.0625 e. The van der Waals surface area contributed by atoms with Gasteiger partial charge < -0.3 is 0 Å². The van der Waals surface area contributed by atoms with Gasteiger partial charge in [0.1, 0.15) is 0 Å². The Kier molecular flexibility index (Phi) is 2.37. The van der Waals surface area contributed by atoms with Crippen molar-refractivity contribution in [3.8, 4) is 0 Å². The van der Waals surface area contributed by atoms with Gasteiger partial charge in [-0.15, -0.1) is 0 Å². The van der Waals surface area contributed by atoms with Crippen molar-refractivity contribution in [2.45, 2.75) is 77.6 Å². The fraction of sp³-hybridized carbons (Fsp3) is 1.00. The summed E-state index contributed by atoms with van der Waals surface area (Å²) in [6, 6.07) is 0. The van der Waals surface area contributed by atoms with Crippen LogP contribution in [0, 0.1) is 16.7 Å². The first-order chi connectivity index (χ1) is 7.27. The summed E-state index contributed by atoms with van der Waals surface area (Å²) in [4.78, 5) is 0. The second kappa shape index (κ2) is 3.50. The molecule has 0 heterocycles. The standard InChI is InChI=1S/C15H26/c1-13-6-11-14-7-2-4-9-15(14,12-13)10-5-3-8-14/h13H,2-12H2,1H3/t13-,14?,15?/m1/s1. The first kappa shape index (κ1) is 10.2. The molecule has 0 unspecified atom stereocenters. The van der Waals surface area contributed by atoms with Gasteiger partial charge in [-0.3, -0.25) is 0 Å². The first-order valence-electron chi connectivity index (χ1n) is 7.27. The zero-order valence-corrected chi connectivity index (χ0v) is 10.4. The van der Waals surface area contributed by atoms with Gasteiger partial charge in [0.25, 0.3) is 0 Å². The van der Waals surface area contributed by atoms with E-state index in [9.17, 15) is 0 Å². The Labute approximate surface area is 94.8 Å². The van der Waals surface area contributed by atoms with Crippen LogP contribution >= 0.6 is 0 Å². The molecule has 0 heteroatoms. The van der Waals surface area contributed by atoms with Crippen molar-refractivity contribution in [2.24, 2.45) is 16.7 Å². The third kappa shape index (κ3) is 1.40. The topological polar surface area (TPSA) is 0 Å². The van der Waals surface area contributed by atoms with Gasteiger partial charge >= 0.3 is 0 Å². The lowest BCUT2D eigenvalue weighted by molar-refractivity contribution is -0.105. The highest BCUT2D eigenvalue weighted by molar-refractivity contribution is 5.05. The highest BCUT2D eigenvalue weighted by Crippen LogP contribution is 2.66. The van der Waals surface area contributed by atoms with Crippen molar-refractivity contribution in [3.05, 3.63) is 0 Å². The SMILES string of the molecule is C[C@@H]1CCC23CCCCC2(CCCC3)C1. The van der Waals surface area contributed by atoms with Crippen molar-refractivity contribution in [1.82, 2.24) is 0 Å². The van der Waals surface area contributed by atoms with Crippen molar-refractivity contribution >= 4 is 0 Å². The predicted octanol–water partition coefficient (Wildman–Crippen LogP) is 4.93. The number of hydrogen-bond acceptors (Lipinski definition) is 0. The van der Waals surface area contributed by atoms with E-state index in [1.165, 1.54) is 32.1 Å². The van der Waals surface area contributed by atoms with Gasteiger partial charge in [-0.25, -0.2) is 0 Å². The Morgan fingerprint density at radius 2 is 1.27 bits per heavy atom. The Morgan fingerprint density at radius 3 is 1.87 bits per heavy atom. The molecule has 3 rings (SSSR count). The van der Waals surface area contributed by atoms with Crippen LogP contribution in [-0.4, -0.2) is 0 Å². The summed E-state index contributed by atoms with van der Waals surface area (Å²) in [7, 11) is 0. The molecule has 0 bridgehead atoms. The summed E-state index contributed by atoms with van der Waals surface area (Å²) in [5.41, 5.74) is 1.65. The molecule has 0 aromatic carbocycles. The van der Waals surface area contributed by atoms with E-state index < -0.39 is 0 Å². The van der Waals surface area contributed by atoms with E-state index in [-0.39, 0.29) is 0 Å². The average Bonchev–Trinajstić information content (AvgIpc) is 2.27. The van der Waals surface area contributed by atoms with Crippen molar-refractivity contribution in [3.63, 3.8) is 0 Å². The molecule has 0 aliphatic heterocycles. The fourth-order valence-electron chi connectivity index (χ4n) is 5.39. The molecule has 0 radical (unpaired) electrons. The van der Waals surface area contributed by atoms with E-state index in [4.69, 9.17) is 0 Å². The number of hydrogen-bond donors (Lipinski definition) is 0. The third-order valence-corrected chi connectivity index (χ3v) is 6.10. The van der Waals surface area contributed by atoms with Crippen LogP contribution in [0.2, 0.25) is 0 Å². The van der Waals surface area contributed by atoms with Crippen LogP contribution in [0.1, 0.15) is 77.6 Å². The lowest BCUT2D eigenvalue weighted by Gasteiger charge is -2.61. The Bertz CT molecular complexity index is 228. The maximum Gasteiger partial charge on any atom is -0.0238 e. The summed E-state index contributed by atoms with van der Waals surface area (Å²) in [6.07, 6.45) is 17.2. The molecule has 3 saturated carbocycles. The lowest BCUT2D eigenvalue weighted by atomic mass is 9.44. The minimum Gasteiger partial charge on any atom is -0.0625 e. The molecule has 0 N–H and O–H groups in total. The Hall–Kier alpha value is 0. The smallest absolute Gasteiger partial charge is 0.0238 e. The monoisotopic (exact) mass is 206 g/mol. The molecular weight excluding hydrogens is 180 g/mol. The van der Waals surface area contributed by atoms with Crippen molar-refractivity contribution in [1.29, 1.82) is 0 Å². The van der Waals surface area contributed by atoms with E-state index in [2.05, 4.69) is 6.92 Å². The van der Waals surface area contributed by atoms with E-state index in [1.807, 2.05) is 0 Å². The van der Waals surface area contributed by atoms with Gasteiger partial charge in [0.05, 0.1) is 0 Å². The van der Waals surface area contributed by atoms with Crippen LogP contribution in [0.15, 0.2) is 0 Å². The normalized spacial score (nSPS) is 50.6. The van der Waals surface area contributed by atoms with Gasteiger partial charge in [-0.2, -0.15) is 0 Å². The van der Waals surface area contributed by atoms with Crippen molar-refractivity contribution < 1.29 is 0 Å². The Balaban J connectivity index is 1.93. The molecule has 0 spiro atoms. The summed E-state index contributed by atoms with van der Waals surface area (Å²) >= 11 is 0. The Morgan fingerprint density at radius 1 is 0.733 bits per heavy atom. The second-order valence-corrected chi connectivity index (χ2v) is 6.82. The molecule has 1 atom stereocenters. The van der Waals surface area contributed by atoms with Gasteiger partial charge in [0, 0.05) is 0 Å². The molecule has 3 aliphatic rings. The van der Waals surface area contributed by atoms with Crippen molar-refractivity contribution in [2.75, 3.05) is 0 Å². The zero-order chi connectivity index (χ0) is 10.4. The molecule has 0 aromatic heterocycles. The molecule has 3 aliphatic carbocycles. The van der Waals surface area contributed by atoms with E-state index in [0.717, 1.165) is 16.7 Å². The molecule has 0 amide bonds. The van der Waals surface area contributed by atoms with Crippen LogP contribution in [0.25, 0.3) is 0 Å². The van der Waals surface area contributed by atoms with Gasteiger partial charge in [-0.1, -0.05) is 39.0 Å². The molecule has 3 fully saturated rings. The maximum absolute atomic E-state index is 2.50. The maximum atomic E-state index is 2.50. The van der Waals surface area contributed by atoms with E-state index in [1.54, 1.807) is 38.5 Å². The van der Waals surface area contributed by atoms with Crippen LogP contribution in [0.5, 0.6) is 0 Å². The predicted molar refractivity (Wildman–Crippen MR) is 64.8 cm³/mol. The minimum absolute atomic E-state index is 0.821. The van der Waals surface area contributed by atoms with Gasteiger partial charge in [-0.05, 0) is 55.3 Å². The van der Waals surface area contributed by atoms with E-state index >= 15 is 0 Å². The van der Waals surface area contributed by atoms with Gasteiger partial charge in [0.15, 0.2) is 0 Å².